The lowest BCUT2D eigenvalue weighted by Gasteiger charge is -2.19. The second-order valence-corrected chi connectivity index (χ2v) is 4.35. The molecule has 1 aromatic rings. The topological polar surface area (TPSA) is 32.3 Å². The molecule has 0 fully saturated rings. The minimum Gasteiger partial charge on any atom is -0.392 e. The largest absolute Gasteiger partial charge is 0.392 e. The average molecular weight is 217 g/mol. The number of aliphatic hydroxyl groups excluding tert-OH is 1. The lowest BCUT2D eigenvalue weighted by atomic mass is 9.94. The predicted octanol–water partition coefficient (Wildman–Crippen LogP) is 2.95. The zero-order valence-corrected chi connectivity index (χ0v) is 9.52. The van der Waals surface area contributed by atoms with Crippen molar-refractivity contribution in [3.63, 3.8) is 0 Å². The Morgan fingerprint density at radius 3 is 2.88 bits per heavy atom. The van der Waals surface area contributed by atoms with Crippen molar-refractivity contribution in [1.82, 2.24) is 0 Å². The minimum absolute atomic E-state index is 0.105. The second kappa shape index (κ2) is 5.71. The molecule has 16 heavy (non-hydrogen) atoms. The van der Waals surface area contributed by atoms with Crippen LogP contribution in [0.3, 0.4) is 0 Å². The monoisotopic (exact) mass is 217 g/mol. The van der Waals surface area contributed by atoms with Crippen LogP contribution in [-0.4, -0.2) is 11.7 Å². The Labute approximate surface area is 97.0 Å². The van der Waals surface area contributed by atoms with Crippen molar-refractivity contribution in [2.24, 2.45) is 5.92 Å². The van der Waals surface area contributed by atoms with Crippen LogP contribution in [0.1, 0.15) is 24.8 Å². The van der Waals surface area contributed by atoms with Crippen LogP contribution < -0.4 is 5.32 Å². The van der Waals surface area contributed by atoms with Gasteiger partial charge in [0, 0.05) is 17.8 Å². The lowest BCUT2D eigenvalue weighted by molar-refractivity contribution is 0.282. The molecular formula is C14H19NO. The van der Waals surface area contributed by atoms with E-state index in [1.54, 1.807) is 0 Å². The van der Waals surface area contributed by atoms with Crippen LogP contribution in [0.5, 0.6) is 0 Å². The number of rotatable bonds is 4. The summed E-state index contributed by atoms with van der Waals surface area (Å²) in [6.07, 6.45) is 8.18. The molecular weight excluding hydrogens is 198 g/mol. The molecule has 0 amide bonds. The number of aliphatic hydroxyl groups is 1. The van der Waals surface area contributed by atoms with Gasteiger partial charge in [-0.15, -0.1) is 0 Å². The predicted molar refractivity (Wildman–Crippen MR) is 67.3 cm³/mol. The van der Waals surface area contributed by atoms with Crippen molar-refractivity contribution in [2.45, 2.75) is 25.9 Å². The SMILES string of the molecule is OCc1ccccc1NCC1CC=CCC1. The molecule has 2 heteroatoms. The van der Waals surface area contributed by atoms with Crippen LogP contribution in [0, 0.1) is 5.92 Å². The Bertz CT molecular complexity index is 360. The maximum Gasteiger partial charge on any atom is 0.0701 e. The zero-order valence-electron chi connectivity index (χ0n) is 9.52. The molecule has 1 aliphatic rings. The third-order valence-corrected chi connectivity index (χ3v) is 3.15. The molecule has 0 aliphatic heterocycles. The van der Waals surface area contributed by atoms with Gasteiger partial charge in [0.2, 0.25) is 0 Å². The maximum absolute atomic E-state index is 9.20. The van der Waals surface area contributed by atoms with Crippen molar-refractivity contribution in [2.75, 3.05) is 11.9 Å². The highest BCUT2D eigenvalue weighted by Gasteiger charge is 2.09. The molecule has 2 nitrogen and oxygen atoms in total. The summed E-state index contributed by atoms with van der Waals surface area (Å²) in [5.74, 6) is 0.733. The highest BCUT2D eigenvalue weighted by molar-refractivity contribution is 5.50. The van der Waals surface area contributed by atoms with Gasteiger partial charge in [0.15, 0.2) is 0 Å². The van der Waals surface area contributed by atoms with E-state index in [1.807, 2.05) is 24.3 Å². The first kappa shape index (κ1) is 11.2. The Kier molecular flexibility index (Phi) is 4.00. The van der Waals surface area contributed by atoms with Crippen molar-refractivity contribution in [3.8, 4) is 0 Å². The maximum atomic E-state index is 9.20. The fourth-order valence-corrected chi connectivity index (χ4v) is 2.13. The van der Waals surface area contributed by atoms with Crippen LogP contribution in [0.4, 0.5) is 5.69 Å². The van der Waals surface area contributed by atoms with Gasteiger partial charge < -0.3 is 10.4 Å². The molecule has 0 saturated heterocycles. The molecule has 1 aromatic carbocycles. The first-order valence-electron chi connectivity index (χ1n) is 5.98. The summed E-state index contributed by atoms with van der Waals surface area (Å²) < 4.78 is 0. The van der Waals surface area contributed by atoms with Crippen LogP contribution >= 0.6 is 0 Å². The normalized spacial score (nSPS) is 19.7. The number of hydrogen-bond acceptors (Lipinski definition) is 2. The van der Waals surface area contributed by atoms with Gasteiger partial charge in [-0.05, 0) is 31.2 Å². The van der Waals surface area contributed by atoms with E-state index in [9.17, 15) is 5.11 Å². The summed E-state index contributed by atoms with van der Waals surface area (Å²) in [7, 11) is 0. The molecule has 1 atom stereocenters. The summed E-state index contributed by atoms with van der Waals surface area (Å²) in [6.45, 7) is 1.11. The van der Waals surface area contributed by atoms with Crippen LogP contribution in [-0.2, 0) is 6.61 Å². The number of hydrogen-bond donors (Lipinski definition) is 2. The molecule has 0 aromatic heterocycles. The van der Waals surface area contributed by atoms with E-state index in [1.165, 1.54) is 19.3 Å². The van der Waals surface area contributed by atoms with Crippen molar-refractivity contribution in [1.29, 1.82) is 0 Å². The lowest BCUT2D eigenvalue weighted by Crippen LogP contribution is -2.16. The van der Waals surface area contributed by atoms with Gasteiger partial charge in [0.1, 0.15) is 0 Å². The fourth-order valence-electron chi connectivity index (χ4n) is 2.13. The van der Waals surface area contributed by atoms with Crippen molar-refractivity contribution < 1.29 is 5.11 Å². The molecule has 0 heterocycles. The number of para-hydroxylation sites is 1. The minimum atomic E-state index is 0.105. The summed E-state index contributed by atoms with van der Waals surface area (Å²) >= 11 is 0. The highest BCUT2D eigenvalue weighted by Crippen LogP contribution is 2.20. The van der Waals surface area contributed by atoms with Crippen LogP contribution in [0.15, 0.2) is 36.4 Å². The smallest absolute Gasteiger partial charge is 0.0701 e. The van der Waals surface area contributed by atoms with Gasteiger partial charge in [-0.2, -0.15) is 0 Å². The summed E-state index contributed by atoms with van der Waals surface area (Å²) in [6, 6.07) is 7.95. The summed E-state index contributed by atoms with van der Waals surface area (Å²) in [5, 5.41) is 12.6. The van der Waals surface area contributed by atoms with Gasteiger partial charge in [-0.1, -0.05) is 30.4 Å². The first-order chi connectivity index (χ1) is 7.90. The summed E-state index contributed by atoms with van der Waals surface area (Å²) in [4.78, 5) is 0. The van der Waals surface area contributed by atoms with Crippen LogP contribution in [0.25, 0.3) is 0 Å². The van der Waals surface area contributed by atoms with E-state index in [0.717, 1.165) is 23.7 Å². The Morgan fingerprint density at radius 1 is 1.25 bits per heavy atom. The molecule has 0 bridgehead atoms. The molecule has 1 unspecified atom stereocenters. The van der Waals surface area contributed by atoms with Gasteiger partial charge in [0.25, 0.3) is 0 Å². The van der Waals surface area contributed by atoms with E-state index in [0.29, 0.717) is 0 Å². The summed E-state index contributed by atoms with van der Waals surface area (Å²) in [5.41, 5.74) is 2.05. The number of allylic oxidation sites excluding steroid dienone is 2. The number of anilines is 1. The fraction of sp³-hybridized carbons (Fsp3) is 0.429. The first-order valence-corrected chi connectivity index (χ1v) is 5.98. The number of benzene rings is 1. The quantitative estimate of drug-likeness (QED) is 0.760. The zero-order chi connectivity index (χ0) is 11.2. The molecule has 0 saturated carbocycles. The second-order valence-electron chi connectivity index (χ2n) is 4.35. The standard InChI is InChI=1S/C14H19NO/c16-11-13-8-4-5-9-14(13)15-10-12-6-2-1-3-7-12/h1-2,4-5,8-9,12,15-16H,3,6-7,10-11H2. The van der Waals surface area contributed by atoms with E-state index >= 15 is 0 Å². The number of nitrogens with one attached hydrogen (secondary N) is 1. The Hall–Kier alpha value is -1.28. The highest BCUT2D eigenvalue weighted by atomic mass is 16.3. The van der Waals surface area contributed by atoms with Crippen molar-refractivity contribution in [3.05, 3.63) is 42.0 Å². The van der Waals surface area contributed by atoms with E-state index in [-0.39, 0.29) is 6.61 Å². The molecule has 0 spiro atoms. The average Bonchev–Trinajstić information content (AvgIpc) is 2.38. The molecule has 2 N–H and O–H groups in total. The molecule has 2 rings (SSSR count). The van der Waals surface area contributed by atoms with Gasteiger partial charge in [0.05, 0.1) is 6.61 Å². The third kappa shape index (κ3) is 2.86. The van der Waals surface area contributed by atoms with Crippen LogP contribution in [0.2, 0.25) is 0 Å². The van der Waals surface area contributed by atoms with Gasteiger partial charge in [-0.3, -0.25) is 0 Å². The van der Waals surface area contributed by atoms with Gasteiger partial charge >= 0.3 is 0 Å². The molecule has 86 valence electrons. The van der Waals surface area contributed by atoms with E-state index < -0.39 is 0 Å². The molecule has 1 aliphatic carbocycles. The third-order valence-electron chi connectivity index (χ3n) is 3.15. The van der Waals surface area contributed by atoms with E-state index in [4.69, 9.17) is 0 Å². The van der Waals surface area contributed by atoms with Crippen molar-refractivity contribution >= 4 is 5.69 Å². The Morgan fingerprint density at radius 2 is 2.12 bits per heavy atom. The van der Waals surface area contributed by atoms with E-state index in [2.05, 4.69) is 17.5 Å². The Balaban J connectivity index is 1.91. The molecule has 0 radical (unpaired) electrons. The van der Waals surface area contributed by atoms with Gasteiger partial charge in [-0.25, -0.2) is 0 Å².